The first kappa shape index (κ1) is 36.9. The van der Waals surface area contributed by atoms with Gasteiger partial charge in [-0.25, -0.2) is 0 Å². The number of hydrogen-bond acceptors (Lipinski definition) is 0. The zero-order valence-electron chi connectivity index (χ0n) is 38.3. The first-order valence-electron chi connectivity index (χ1n) is 24.1. The van der Waals surface area contributed by atoms with Crippen LogP contribution in [0.5, 0.6) is 0 Å². The van der Waals surface area contributed by atoms with Crippen LogP contribution in [0.1, 0.15) is 69.5 Å². The third-order valence-corrected chi connectivity index (χ3v) is 16.4. The van der Waals surface area contributed by atoms with Gasteiger partial charge in [0.15, 0.2) is 0 Å². The Kier molecular flexibility index (Phi) is 6.99. The van der Waals surface area contributed by atoms with Crippen molar-refractivity contribution in [1.82, 2.24) is 9.13 Å². The Balaban J connectivity index is 1.22. The van der Waals surface area contributed by atoms with Gasteiger partial charge in [-0.15, -0.1) is 0 Å². The Bertz CT molecular complexity index is 3990. The predicted octanol–water partition coefficient (Wildman–Crippen LogP) is 13.4. The van der Waals surface area contributed by atoms with Crippen molar-refractivity contribution in [1.29, 1.82) is 0 Å². The molecule has 3 aliphatic heterocycles. The molecular formula is C63H47BN2. The Morgan fingerprint density at radius 3 is 1.76 bits per heavy atom. The third-order valence-electron chi connectivity index (χ3n) is 16.4. The largest absolute Gasteiger partial charge is 0.310 e. The van der Waals surface area contributed by atoms with Crippen molar-refractivity contribution < 1.29 is 0 Å². The van der Waals surface area contributed by atoms with E-state index in [-0.39, 0.29) is 6.71 Å². The summed E-state index contributed by atoms with van der Waals surface area (Å²) in [6.45, 7) is 13.7. The third kappa shape index (κ3) is 4.27. The van der Waals surface area contributed by atoms with Crippen LogP contribution in [0.25, 0.3) is 88.4 Å². The highest BCUT2D eigenvalue weighted by Crippen LogP contribution is 2.62. The molecule has 5 heterocycles. The fraction of sp³-hybridized carbons (Fsp3) is 0.143. The van der Waals surface area contributed by atoms with Crippen molar-refractivity contribution in [2.24, 2.45) is 0 Å². The molecule has 0 unspecified atom stereocenters. The number of hydrogen-bond donors (Lipinski definition) is 0. The zero-order chi connectivity index (χ0) is 44.1. The molecule has 11 aromatic rings. The molecule has 0 bridgehead atoms. The molecule has 0 atom stereocenters. The molecule has 3 heteroatoms. The maximum Gasteiger partial charge on any atom is 0.252 e. The van der Waals surface area contributed by atoms with Gasteiger partial charge in [-0.1, -0.05) is 170 Å². The maximum atomic E-state index is 2.77. The summed E-state index contributed by atoms with van der Waals surface area (Å²) in [4.78, 5) is 0. The molecule has 2 nitrogen and oxygen atoms in total. The molecule has 312 valence electrons. The Labute approximate surface area is 385 Å². The van der Waals surface area contributed by atoms with Crippen LogP contribution in [0, 0.1) is 27.7 Å². The van der Waals surface area contributed by atoms with Crippen molar-refractivity contribution in [2.75, 3.05) is 0 Å². The number of fused-ring (bicyclic) bond motifs is 13. The van der Waals surface area contributed by atoms with Gasteiger partial charge in [0.25, 0.3) is 6.71 Å². The normalized spacial score (nSPS) is 14.1. The minimum Gasteiger partial charge on any atom is -0.310 e. The molecule has 0 saturated heterocycles. The zero-order valence-corrected chi connectivity index (χ0v) is 38.3. The first-order chi connectivity index (χ1) is 32.3. The smallest absolute Gasteiger partial charge is 0.252 e. The highest BCUT2D eigenvalue weighted by molar-refractivity contribution is 7.00. The lowest BCUT2D eigenvalue weighted by Gasteiger charge is -2.44. The highest BCUT2D eigenvalue weighted by atomic mass is 15.1. The van der Waals surface area contributed by atoms with Gasteiger partial charge >= 0.3 is 0 Å². The summed E-state index contributed by atoms with van der Waals surface area (Å²) in [7, 11) is 0. The van der Waals surface area contributed by atoms with Crippen LogP contribution in [0.4, 0.5) is 0 Å². The number of rotatable bonds is 4. The second-order valence-electron chi connectivity index (χ2n) is 20.0. The van der Waals surface area contributed by atoms with Crippen LogP contribution in [0.2, 0.25) is 0 Å². The summed E-state index contributed by atoms with van der Waals surface area (Å²) in [6, 6.07) is 60.3. The summed E-state index contributed by atoms with van der Waals surface area (Å²) < 4.78 is 5.48. The topological polar surface area (TPSA) is 9.86 Å². The van der Waals surface area contributed by atoms with Gasteiger partial charge in [0.2, 0.25) is 0 Å². The summed E-state index contributed by atoms with van der Waals surface area (Å²) in [5.74, 6) is 0. The second kappa shape index (κ2) is 12.5. The minimum absolute atomic E-state index is 0.0200. The van der Waals surface area contributed by atoms with Crippen LogP contribution in [-0.4, -0.2) is 15.8 Å². The van der Waals surface area contributed by atoms with E-state index in [0.29, 0.717) is 0 Å². The number of benzene rings is 9. The van der Waals surface area contributed by atoms with E-state index in [0.717, 1.165) is 12.8 Å². The lowest BCUT2D eigenvalue weighted by Crippen LogP contribution is -2.60. The van der Waals surface area contributed by atoms with Crippen molar-refractivity contribution in [3.63, 3.8) is 0 Å². The van der Waals surface area contributed by atoms with E-state index in [1.807, 2.05) is 0 Å². The molecule has 9 aromatic carbocycles. The van der Waals surface area contributed by atoms with Crippen LogP contribution in [0.3, 0.4) is 0 Å². The maximum absolute atomic E-state index is 2.77. The van der Waals surface area contributed by atoms with E-state index in [9.17, 15) is 0 Å². The van der Waals surface area contributed by atoms with Gasteiger partial charge in [0.1, 0.15) is 0 Å². The van der Waals surface area contributed by atoms with E-state index in [1.54, 1.807) is 0 Å². The molecule has 1 spiro atoms. The summed E-state index contributed by atoms with van der Waals surface area (Å²) in [5.41, 5.74) is 31.8. The monoisotopic (exact) mass is 842 g/mol. The molecule has 0 amide bonds. The predicted molar refractivity (Wildman–Crippen MR) is 279 cm³/mol. The van der Waals surface area contributed by atoms with Crippen LogP contribution in [0.15, 0.2) is 152 Å². The molecular weight excluding hydrogens is 796 g/mol. The first-order valence-corrected chi connectivity index (χ1v) is 24.1. The van der Waals surface area contributed by atoms with E-state index < -0.39 is 5.41 Å². The number of aromatic nitrogens is 2. The van der Waals surface area contributed by atoms with Gasteiger partial charge in [0.05, 0.1) is 22.1 Å². The Morgan fingerprint density at radius 1 is 0.470 bits per heavy atom. The average molecular weight is 843 g/mol. The quantitative estimate of drug-likeness (QED) is 0.156. The van der Waals surface area contributed by atoms with Crippen molar-refractivity contribution in [2.45, 2.75) is 59.8 Å². The molecule has 0 saturated carbocycles. The summed E-state index contributed by atoms with van der Waals surface area (Å²) in [6.07, 6.45) is 1.95. The Morgan fingerprint density at radius 2 is 1.08 bits per heavy atom. The average Bonchev–Trinajstić information content (AvgIpc) is 3.96. The van der Waals surface area contributed by atoms with E-state index in [4.69, 9.17) is 0 Å². The highest BCUT2D eigenvalue weighted by Gasteiger charge is 2.54. The lowest BCUT2D eigenvalue weighted by atomic mass is 9.33. The molecule has 15 rings (SSSR count). The van der Waals surface area contributed by atoms with Crippen LogP contribution < -0.4 is 16.4 Å². The molecule has 1 aliphatic carbocycles. The fourth-order valence-electron chi connectivity index (χ4n) is 13.6. The van der Waals surface area contributed by atoms with Gasteiger partial charge in [-0.3, -0.25) is 0 Å². The molecule has 2 aromatic heterocycles. The molecule has 0 radical (unpaired) electrons. The molecule has 66 heavy (non-hydrogen) atoms. The number of aryl methyl sites for hydroxylation is 6. The van der Waals surface area contributed by atoms with Crippen LogP contribution >= 0.6 is 0 Å². The van der Waals surface area contributed by atoms with E-state index in [2.05, 4.69) is 202 Å². The molecule has 0 fully saturated rings. The van der Waals surface area contributed by atoms with E-state index >= 15 is 0 Å². The Hall–Kier alpha value is -7.36. The van der Waals surface area contributed by atoms with Gasteiger partial charge in [-0.2, -0.15) is 0 Å². The number of nitrogens with zero attached hydrogens (tertiary/aromatic N) is 2. The van der Waals surface area contributed by atoms with Crippen molar-refractivity contribution >= 4 is 66.6 Å². The van der Waals surface area contributed by atoms with Crippen LogP contribution in [-0.2, 0) is 18.3 Å². The molecule has 0 N–H and O–H groups in total. The lowest BCUT2D eigenvalue weighted by molar-refractivity contribution is 0.745. The van der Waals surface area contributed by atoms with Gasteiger partial charge < -0.3 is 9.13 Å². The fourth-order valence-corrected chi connectivity index (χ4v) is 13.6. The standard InChI is InChI=1S/C63H47BN2/c1-7-38-29-46-47-30-39(8-2)32-52-60(47)66-59(46)51(31-38)63(49-27-36(5)17-23-44(49)45-24-18-37(6)28-50(45)63)48-25-26-54-57(61(48)66)64(52)53-33-42-11-9-10-12-43(42)56-55(40-19-13-34(3)14-20-40)58(65(54)62(53)56)41-21-15-35(4)16-22-41/h9-33H,7-8H2,1-6H3. The van der Waals surface area contributed by atoms with E-state index in [1.165, 1.54) is 160 Å². The summed E-state index contributed by atoms with van der Waals surface area (Å²) in [5, 5.41) is 6.71. The molecule has 4 aliphatic rings. The van der Waals surface area contributed by atoms with Crippen molar-refractivity contribution in [3.05, 3.63) is 207 Å². The second-order valence-corrected chi connectivity index (χ2v) is 20.0. The minimum atomic E-state index is -0.515. The van der Waals surface area contributed by atoms with Gasteiger partial charge in [0, 0.05) is 38.6 Å². The SMILES string of the molecule is CCc1cc2c3c(c1)c1cc(CC)cc4c1n3-c1c(ccc3c1B2c1cc2ccccc2c2c(-c5ccc(C)cc5)c(-c5ccc(C)cc5)n-3c12)C41c2cc(C)ccc2-c2ccc(C)cc21. The van der Waals surface area contributed by atoms with Gasteiger partial charge in [-0.05, 0) is 142 Å². The summed E-state index contributed by atoms with van der Waals surface area (Å²) >= 11 is 0. The van der Waals surface area contributed by atoms with Crippen molar-refractivity contribution in [3.8, 4) is 44.9 Å².